The number of primary amides is 1. The van der Waals surface area contributed by atoms with Crippen LogP contribution in [0.25, 0.3) is 0 Å². The topological polar surface area (TPSA) is 65.0 Å². The van der Waals surface area contributed by atoms with Crippen molar-refractivity contribution < 1.29 is 4.79 Å². The first kappa shape index (κ1) is 9.58. The van der Waals surface area contributed by atoms with Gasteiger partial charge in [-0.3, -0.25) is 4.79 Å². The number of carbonyl (C=O) groups excluding carboxylic acids is 1. The number of fused-ring (bicyclic) bond motifs is 1. The van der Waals surface area contributed by atoms with E-state index in [-0.39, 0.29) is 11.8 Å². The number of para-hydroxylation sites is 2. The average molecular weight is 178 g/mol. The maximum Gasteiger partial charge on any atom is 0.219 e. The number of carbonyl (C=O) groups is 1. The summed E-state index contributed by atoms with van der Waals surface area (Å²) in [5.74, 6) is -0.250. The van der Waals surface area contributed by atoms with Gasteiger partial charge in [0.05, 0.1) is 11.4 Å². The summed E-state index contributed by atoms with van der Waals surface area (Å²) in [6, 6.07) is 8.18. The van der Waals surface area contributed by atoms with Crippen molar-refractivity contribution in [2.45, 2.75) is 13.8 Å². The van der Waals surface area contributed by atoms with Crippen molar-refractivity contribution in [3.05, 3.63) is 24.3 Å². The quantitative estimate of drug-likeness (QED) is 0.655. The second kappa shape index (κ2) is 3.94. The third kappa shape index (κ3) is 3.15. The van der Waals surface area contributed by atoms with E-state index in [0.29, 0.717) is 0 Å². The number of nitrogens with one attached hydrogen (secondary N) is 1. The van der Waals surface area contributed by atoms with Crippen LogP contribution in [0, 0.1) is 5.92 Å². The van der Waals surface area contributed by atoms with Gasteiger partial charge in [-0.15, -0.1) is 0 Å². The van der Waals surface area contributed by atoms with Crippen LogP contribution in [-0.4, -0.2) is 5.91 Å². The minimum absolute atomic E-state index is 0.00926. The largest absolute Gasteiger partial charge is 0.369 e. The lowest BCUT2D eigenvalue weighted by atomic mass is 10.2. The van der Waals surface area contributed by atoms with Crippen molar-refractivity contribution in [1.29, 1.82) is 0 Å². The normalized spacial score (nSPS) is 10.7. The molecule has 0 saturated heterocycles. The summed E-state index contributed by atoms with van der Waals surface area (Å²) in [4.78, 5) is 9.92. The maximum atomic E-state index is 9.92. The van der Waals surface area contributed by atoms with Gasteiger partial charge in [-0.2, -0.15) is 0 Å². The highest BCUT2D eigenvalue weighted by Crippen LogP contribution is 2.36. The lowest BCUT2D eigenvalue weighted by Gasteiger charge is -1.90. The highest BCUT2D eigenvalue weighted by molar-refractivity contribution is 5.89. The summed E-state index contributed by atoms with van der Waals surface area (Å²) in [7, 11) is 0. The fourth-order valence-corrected chi connectivity index (χ4v) is 0.680. The Morgan fingerprint density at radius 3 is 1.92 bits per heavy atom. The molecule has 1 aliphatic heterocycles. The number of hydrogen-bond donors (Lipinski definition) is 2. The van der Waals surface area contributed by atoms with Gasteiger partial charge >= 0.3 is 0 Å². The van der Waals surface area contributed by atoms with Gasteiger partial charge in [-0.25, -0.2) is 0 Å². The van der Waals surface area contributed by atoms with E-state index >= 15 is 0 Å². The Bertz CT molecular complexity index is 287. The number of amides is 1. The van der Waals surface area contributed by atoms with E-state index in [2.05, 4.69) is 17.4 Å². The first-order valence-corrected chi connectivity index (χ1v) is 4.26. The molecule has 1 aromatic carbocycles. The lowest BCUT2D eigenvalue weighted by Crippen LogP contribution is -2.17. The van der Waals surface area contributed by atoms with Gasteiger partial charge in [0.25, 0.3) is 0 Å². The highest BCUT2D eigenvalue weighted by Gasteiger charge is 2.10. The third-order valence-corrected chi connectivity index (χ3v) is 1.70. The molecule has 1 aromatic rings. The van der Waals surface area contributed by atoms with Gasteiger partial charge in [0.15, 0.2) is 0 Å². The Labute approximate surface area is 77.9 Å². The Balaban J connectivity index is 0.000000133. The molecule has 1 amide bonds. The van der Waals surface area contributed by atoms with Gasteiger partial charge in [0.2, 0.25) is 5.91 Å². The van der Waals surface area contributed by atoms with E-state index in [0.717, 1.165) is 0 Å². The van der Waals surface area contributed by atoms with Crippen LogP contribution in [-0.2, 0) is 4.79 Å². The molecule has 13 heavy (non-hydrogen) atoms. The Hall–Kier alpha value is -1.51. The number of anilines is 2. The minimum atomic E-state index is -0.241. The molecule has 3 nitrogen and oxygen atoms in total. The molecule has 2 rings (SSSR count). The van der Waals surface area contributed by atoms with Crippen LogP contribution in [0.4, 0.5) is 11.4 Å². The zero-order chi connectivity index (χ0) is 9.84. The third-order valence-electron chi connectivity index (χ3n) is 1.70. The molecular weight excluding hydrogens is 164 g/mol. The fraction of sp³-hybridized carbons (Fsp3) is 0.300. The first-order valence-electron chi connectivity index (χ1n) is 4.26. The van der Waals surface area contributed by atoms with Crippen LogP contribution >= 0.6 is 0 Å². The average Bonchev–Trinajstić information content (AvgIpc) is 2.83. The van der Waals surface area contributed by atoms with Crippen molar-refractivity contribution in [3.8, 4) is 0 Å². The van der Waals surface area contributed by atoms with Gasteiger partial charge < -0.3 is 11.1 Å². The Morgan fingerprint density at radius 2 is 1.69 bits per heavy atom. The summed E-state index contributed by atoms with van der Waals surface area (Å²) in [6.45, 7) is 3.53. The predicted octanol–water partition coefficient (Wildman–Crippen LogP) is 1.87. The van der Waals surface area contributed by atoms with E-state index in [4.69, 9.17) is 5.73 Å². The Morgan fingerprint density at radius 1 is 1.31 bits per heavy atom. The molecule has 0 radical (unpaired) electrons. The van der Waals surface area contributed by atoms with Gasteiger partial charge in [-0.1, -0.05) is 26.0 Å². The van der Waals surface area contributed by atoms with Crippen LogP contribution in [0.2, 0.25) is 0 Å². The number of nitrogens with two attached hydrogens (primary N) is 1. The van der Waals surface area contributed by atoms with E-state index in [1.54, 1.807) is 13.8 Å². The molecule has 3 N–H and O–H groups in total. The SMILES string of the molecule is CC(C)C(N)=O.c1ccc2c(c1)N2. The van der Waals surface area contributed by atoms with Crippen molar-refractivity contribution in [2.75, 3.05) is 5.32 Å². The molecule has 0 bridgehead atoms. The fourth-order valence-electron chi connectivity index (χ4n) is 0.680. The van der Waals surface area contributed by atoms with Gasteiger partial charge in [-0.05, 0) is 12.1 Å². The second-order valence-electron chi connectivity index (χ2n) is 3.23. The van der Waals surface area contributed by atoms with Gasteiger partial charge in [0.1, 0.15) is 0 Å². The number of rotatable bonds is 1. The molecule has 0 atom stereocenters. The molecule has 70 valence electrons. The van der Waals surface area contributed by atoms with Crippen molar-refractivity contribution in [3.63, 3.8) is 0 Å². The first-order chi connectivity index (χ1) is 6.11. The molecule has 0 aliphatic carbocycles. The molecule has 0 aromatic heterocycles. The minimum Gasteiger partial charge on any atom is -0.369 e. The van der Waals surface area contributed by atoms with Crippen molar-refractivity contribution in [1.82, 2.24) is 0 Å². The Kier molecular flexibility index (Phi) is 2.90. The molecule has 0 fully saturated rings. The standard InChI is InChI=1S/C6H5N.C4H9NO/c1-2-4-6-5(3-1)7-6;1-3(2)4(5)6/h1-4,7H;3H,1-2H3,(H2,5,6). The van der Waals surface area contributed by atoms with E-state index in [1.165, 1.54) is 11.4 Å². The van der Waals surface area contributed by atoms with Crippen molar-refractivity contribution >= 4 is 17.3 Å². The van der Waals surface area contributed by atoms with E-state index in [9.17, 15) is 4.79 Å². The van der Waals surface area contributed by atoms with Crippen LogP contribution in [0.3, 0.4) is 0 Å². The molecule has 0 spiro atoms. The lowest BCUT2D eigenvalue weighted by molar-refractivity contribution is -0.120. The summed E-state index contributed by atoms with van der Waals surface area (Å²) in [6.07, 6.45) is 0. The molecule has 1 heterocycles. The summed E-state index contributed by atoms with van der Waals surface area (Å²) in [5.41, 5.74) is 7.36. The molecule has 1 aliphatic rings. The van der Waals surface area contributed by atoms with E-state index < -0.39 is 0 Å². The number of benzene rings is 1. The van der Waals surface area contributed by atoms with Crippen LogP contribution in [0.15, 0.2) is 24.3 Å². The molecular formula is C10H14N2O. The maximum absolute atomic E-state index is 9.92. The van der Waals surface area contributed by atoms with Crippen LogP contribution in [0.5, 0.6) is 0 Å². The smallest absolute Gasteiger partial charge is 0.219 e. The van der Waals surface area contributed by atoms with Crippen molar-refractivity contribution in [2.24, 2.45) is 11.7 Å². The van der Waals surface area contributed by atoms with Crippen LogP contribution in [0.1, 0.15) is 13.8 Å². The molecule has 0 saturated carbocycles. The monoisotopic (exact) mass is 178 g/mol. The van der Waals surface area contributed by atoms with Crippen LogP contribution < -0.4 is 11.1 Å². The zero-order valence-corrected chi connectivity index (χ0v) is 7.87. The summed E-state index contributed by atoms with van der Waals surface area (Å²) in [5, 5.41) is 3.09. The predicted molar refractivity (Wildman–Crippen MR) is 53.8 cm³/mol. The molecule has 0 unspecified atom stereocenters. The molecule has 3 heteroatoms. The zero-order valence-electron chi connectivity index (χ0n) is 7.87. The summed E-state index contributed by atoms with van der Waals surface area (Å²) < 4.78 is 0. The summed E-state index contributed by atoms with van der Waals surface area (Å²) >= 11 is 0. The highest BCUT2D eigenvalue weighted by atomic mass is 16.1. The van der Waals surface area contributed by atoms with Gasteiger partial charge in [0, 0.05) is 5.92 Å². The number of hydrogen-bond acceptors (Lipinski definition) is 2. The van der Waals surface area contributed by atoms with E-state index in [1.807, 2.05) is 12.1 Å². The second-order valence-corrected chi connectivity index (χ2v) is 3.23.